The van der Waals surface area contributed by atoms with Gasteiger partial charge in [0.1, 0.15) is 18.3 Å². The number of fused-ring (bicyclic) bond motifs is 1. The second kappa shape index (κ2) is 7.49. The van der Waals surface area contributed by atoms with Crippen molar-refractivity contribution in [2.24, 2.45) is 20.7 Å². The van der Waals surface area contributed by atoms with Gasteiger partial charge in [0.25, 0.3) is 11.4 Å². The summed E-state index contributed by atoms with van der Waals surface area (Å²) in [6.07, 6.45) is -4.61. The summed E-state index contributed by atoms with van der Waals surface area (Å²) < 4.78 is 40.6. The number of halogens is 1. The number of Topliss-reactive ketones (excluding diaryl/α,β-unsaturated/α-hetero) is 1. The van der Waals surface area contributed by atoms with E-state index in [1.54, 1.807) is 0 Å². The van der Waals surface area contributed by atoms with Crippen LogP contribution in [0.4, 0.5) is 3.89 Å². The van der Waals surface area contributed by atoms with E-state index < -0.39 is 69.5 Å². The highest BCUT2D eigenvalue weighted by atomic mass is 32.3. The van der Waals surface area contributed by atoms with Crippen molar-refractivity contribution in [3.05, 3.63) is 29.8 Å². The molecule has 1 amide bonds. The van der Waals surface area contributed by atoms with Crippen molar-refractivity contribution in [3.8, 4) is 0 Å². The van der Waals surface area contributed by atoms with Gasteiger partial charge in [-0.05, 0) is 24.3 Å². The number of hydrogen-bond donors (Lipinski definition) is 4. The number of ketones is 1. The number of guanidine groups is 1. The number of nitrogens with two attached hydrogens (primary N) is 1. The third-order valence-corrected chi connectivity index (χ3v) is 6.04. The molecule has 13 nitrogen and oxygen atoms in total. The van der Waals surface area contributed by atoms with Gasteiger partial charge in [0, 0.05) is 5.56 Å². The minimum atomic E-state index is -5.01. The molecule has 1 aromatic rings. The summed E-state index contributed by atoms with van der Waals surface area (Å²) in [6, 6.07) is 3.65. The number of benzene rings is 1. The Morgan fingerprint density at radius 1 is 1.22 bits per heavy atom. The molecule has 1 aromatic carbocycles. The van der Waals surface area contributed by atoms with E-state index in [9.17, 15) is 37.2 Å². The lowest BCUT2D eigenvalue weighted by atomic mass is 9.87. The summed E-state index contributed by atoms with van der Waals surface area (Å²) in [6.45, 7) is -0.622. The fraction of sp³-hybridized carbons (Fsp3) is 0.353. The van der Waals surface area contributed by atoms with Crippen molar-refractivity contribution in [1.82, 2.24) is 4.90 Å². The summed E-state index contributed by atoms with van der Waals surface area (Å²) >= 11 is 0. The molecule has 0 radical (unpaired) electrons. The summed E-state index contributed by atoms with van der Waals surface area (Å²) in [5.74, 6) is -2.98. The normalized spacial score (nSPS) is 32.0. The van der Waals surface area contributed by atoms with Gasteiger partial charge in [-0.1, -0.05) is 0 Å². The molecular formula is C17H16FN5O8S. The van der Waals surface area contributed by atoms with E-state index >= 15 is 0 Å². The number of hydrogen-bond acceptors (Lipinski definition) is 12. The Bertz CT molecular complexity index is 1180. The average Bonchev–Trinajstić information content (AvgIpc) is 3.25. The topological polar surface area (TPSA) is 205 Å². The van der Waals surface area contributed by atoms with Gasteiger partial charge in [0.05, 0.1) is 17.8 Å². The summed E-state index contributed by atoms with van der Waals surface area (Å²) in [5, 5.41) is 29.6. The Morgan fingerprint density at radius 2 is 1.88 bits per heavy atom. The van der Waals surface area contributed by atoms with Crippen LogP contribution in [0.25, 0.3) is 0 Å². The molecule has 4 rings (SSSR count). The van der Waals surface area contributed by atoms with Crippen LogP contribution in [-0.4, -0.2) is 95.1 Å². The van der Waals surface area contributed by atoms with Crippen LogP contribution in [0, 0.1) is 0 Å². The third-order valence-electron chi connectivity index (χ3n) is 5.21. The minimum absolute atomic E-state index is 0.214. The lowest BCUT2D eigenvalue weighted by Gasteiger charge is -2.31. The standard InChI is InChI=1S/C17H16FN5O8S/c18-32(29,30)8-3-1-7(2-4-8)12(27)17-14(21-16(19)22-15(17)28)23(6-20-17)13-11(26)10(25)9(5-24)31-13/h1-4,6,9-11,13,24-26H,5H2,(H2,19,22,28)/t9-,10?,11?,13-,17?/m1/s1. The number of amides is 1. The van der Waals surface area contributed by atoms with Crippen LogP contribution in [0.3, 0.4) is 0 Å². The van der Waals surface area contributed by atoms with E-state index in [0.717, 1.165) is 35.5 Å². The zero-order valence-electron chi connectivity index (χ0n) is 15.9. The Morgan fingerprint density at radius 3 is 2.44 bits per heavy atom. The second-order valence-corrected chi connectivity index (χ2v) is 8.44. The summed E-state index contributed by atoms with van der Waals surface area (Å²) in [4.78, 5) is 37.8. The number of nitrogens with zero attached hydrogens (tertiary/aromatic N) is 4. The average molecular weight is 469 g/mol. The van der Waals surface area contributed by atoms with Crippen LogP contribution in [-0.2, 0) is 19.8 Å². The van der Waals surface area contributed by atoms with Crippen molar-refractivity contribution in [1.29, 1.82) is 0 Å². The molecule has 170 valence electrons. The minimum Gasteiger partial charge on any atom is -0.394 e. The van der Waals surface area contributed by atoms with E-state index in [1.165, 1.54) is 0 Å². The van der Waals surface area contributed by atoms with Crippen LogP contribution in [0.2, 0.25) is 0 Å². The van der Waals surface area contributed by atoms with Crippen LogP contribution >= 0.6 is 0 Å². The Balaban J connectivity index is 1.74. The number of carbonyl (C=O) groups is 2. The monoisotopic (exact) mass is 469 g/mol. The van der Waals surface area contributed by atoms with Crippen molar-refractivity contribution in [2.45, 2.75) is 35.0 Å². The number of aliphatic imine (C=N–C) groups is 3. The first-order chi connectivity index (χ1) is 15.0. The molecule has 0 spiro atoms. The molecule has 1 fully saturated rings. The Kier molecular flexibility index (Phi) is 5.17. The predicted molar refractivity (Wildman–Crippen MR) is 104 cm³/mol. The lowest BCUT2D eigenvalue weighted by molar-refractivity contribution is -0.119. The molecule has 3 unspecified atom stereocenters. The van der Waals surface area contributed by atoms with Gasteiger partial charge >= 0.3 is 10.2 Å². The van der Waals surface area contributed by atoms with Crippen LogP contribution in [0.5, 0.6) is 0 Å². The Labute approximate surface area is 179 Å². The molecule has 3 heterocycles. The van der Waals surface area contributed by atoms with Crippen molar-refractivity contribution in [2.75, 3.05) is 6.61 Å². The van der Waals surface area contributed by atoms with E-state index in [0.29, 0.717) is 0 Å². The Hall–Kier alpha value is -3.11. The predicted octanol–water partition coefficient (Wildman–Crippen LogP) is -2.70. The molecule has 3 aliphatic heterocycles. The maximum atomic E-state index is 13.3. The fourth-order valence-electron chi connectivity index (χ4n) is 3.59. The molecule has 0 bridgehead atoms. The number of ether oxygens (including phenoxy) is 1. The molecule has 5 atom stereocenters. The number of carbonyl (C=O) groups excluding carboxylic acids is 2. The molecule has 0 aliphatic carbocycles. The third kappa shape index (κ3) is 3.21. The maximum absolute atomic E-state index is 13.3. The first-order valence-corrected chi connectivity index (χ1v) is 10.4. The highest BCUT2D eigenvalue weighted by Gasteiger charge is 2.60. The molecule has 0 saturated carbocycles. The molecule has 0 aromatic heterocycles. The fourth-order valence-corrected chi connectivity index (χ4v) is 4.05. The summed E-state index contributed by atoms with van der Waals surface area (Å²) in [7, 11) is -5.01. The van der Waals surface area contributed by atoms with E-state index in [2.05, 4.69) is 15.0 Å². The largest absolute Gasteiger partial charge is 0.394 e. The zero-order chi connectivity index (χ0) is 23.4. The summed E-state index contributed by atoms with van der Waals surface area (Å²) in [5.41, 5.74) is 2.99. The zero-order valence-corrected chi connectivity index (χ0v) is 16.8. The SMILES string of the molecule is NC1=NC(=O)C2(C(=O)c3ccc(S(=O)(=O)F)cc3)N=CN([C@@H]3O[C@H](CO)C(O)C3O)C2=N1. The van der Waals surface area contributed by atoms with E-state index in [-0.39, 0.29) is 11.4 Å². The van der Waals surface area contributed by atoms with Gasteiger partial charge in [0.15, 0.2) is 12.1 Å². The van der Waals surface area contributed by atoms with Crippen molar-refractivity contribution >= 4 is 40.0 Å². The first kappa shape index (κ1) is 22.1. The molecule has 3 aliphatic rings. The molecule has 5 N–H and O–H groups in total. The molecular weight excluding hydrogens is 453 g/mol. The molecule has 1 saturated heterocycles. The highest BCUT2D eigenvalue weighted by Crippen LogP contribution is 2.34. The number of aliphatic hydroxyl groups is 3. The highest BCUT2D eigenvalue weighted by molar-refractivity contribution is 7.86. The van der Waals surface area contributed by atoms with Gasteiger partial charge in [-0.2, -0.15) is 18.4 Å². The quantitative estimate of drug-likeness (QED) is 0.199. The van der Waals surface area contributed by atoms with E-state index in [1.807, 2.05) is 0 Å². The lowest BCUT2D eigenvalue weighted by Crippen LogP contribution is -2.58. The van der Waals surface area contributed by atoms with Gasteiger partial charge in [-0.3, -0.25) is 14.5 Å². The van der Waals surface area contributed by atoms with Crippen LogP contribution in [0.15, 0.2) is 44.1 Å². The van der Waals surface area contributed by atoms with Crippen molar-refractivity contribution < 1.29 is 41.9 Å². The van der Waals surface area contributed by atoms with Gasteiger partial charge in [0.2, 0.25) is 11.7 Å². The van der Waals surface area contributed by atoms with Gasteiger partial charge in [-0.15, -0.1) is 3.89 Å². The first-order valence-electron chi connectivity index (χ1n) is 9.04. The smallest absolute Gasteiger partial charge is 0.332 e. The molecule has 32 heavy (non-hydrogen) atoms. The van der Waals surface area contributed by atoms with E-state index in [4.69, 9.17) is 10.5 Å². The van der Waals surface area contributed by atoms with Gasteiger partial charge in [-0.25, -0.2) is 4.99 Å². The number of aliphatic hydroxyl groups excluding tert-OH is 3. The second-order valence-electron chi connectivity index (χ2n) is 7.09. The molecule has 15 heteroatoms. The number of amidine groups is 1. The van der Waals surface area contributed by atoms with Crippen molar-refractivity contribution in [3.63, 3.8) is 0 Å². The van der Waals surface area contributed by atoms with Gasteiger partial charge < -0.3 is 25.8 Å². The van der Waals surface area contributed by atoms with Crippen LogP contribution < -0.4 is 5.73 Å². The maximum Gasteiger partial charge on any atom is 0.332 e. The number of rotatable bonds is 5. The van der Waals surface area contributed by atoms with Crippen LogP contribution in [0.1, 0.15) is 10.4 Å².